The molecule has 0 bridgehead atoms. The van der Waals surface area contributed by atoms with Crippen LogP contribution in [0.2, 0.25) is 0 Å². The van der Waals surface area contributed by atoms with E-state index in [4.69, 9.17) is 0 Å². The Kier molecular flexibility index (Phi) is 5.40. The van der Waals surface area contributed by atoms with Gasteiger partial charge >= 0.3 is 0 Å². The highest BCUT2D eigenvalue weighted by molar-refractivity contribution is 5.77. The third-order valence-electron chi connectivity index (χ3n) is 2.78. The van der Waals surface area contributed by atoms with E-state index in [2.05, 4.69) is 10.6 Å². The fraction of sp³-hybridized carbons (Fsp3) is 0.200. The number of hydrogen-bond acceptors (Lipinski definition) is 2. The molecular weight excluding hydrogens is 268 g/mol. The van der Waals surface area contributed by atoms with Crippen LogP contribution < -0.4 is 19.8 Å². The molecule has 2 aromatic rings. The zero-order chi connectivity index (χ0) is 14.9. The summed E-state index contributed by atoms with van der Waals surface area (Å²) in [5.74, 6) is -0.308. The highest BCUT2D eigenvalue weighted by Crippen LogP contribution is 1.78. The van der Waals surface area contributed by atoms with E-state index >= 15 is 0 Å². The first-order valence-corrected chi connectivity index (χ1v) is 6.65. The number of nitrogens with zero attached hydrogens (tertiary/aromatic N) is 2. The largest absolute Gasteiger partial charge is 0.333 e. The van der Waals surface area contributed by atoms with Crippen molar-refractivity contribution in [2.75, 3.05) is 6.67 Å². The summed E-state index contributed by atoms with van der Waals surface area (Å²) in [4.78, 5) is 23.3. The van der Waals surface area contributed by atoms with E-state index in [1.807, 2.05) is 61.2 Å². The van der Waals surface area contributed by atoms with Gasteiger partial charge in [-0.05, 0) is 0 Å². The van der Waals surface area contributed by atoms with Crippen LogP contribution >= 0.6 is 0 Å². The highest BCUT2D eigenvalue weighted by atomic mass is 16.2. The lowest BCUT2D eigenvalue weighted by atomic mass is 10.4. The van der Waals surface area contributed by atoms with Gasteiger partial charge in [-0.15, -0.1) is 0 Å². The Hall–Kier alpha value is -2.76. The van der Waals surface area contributed by atoms with Gasteiger partial charge < -0.3 is 10.6 Å². The summed E-state index contributed by atoms with van der Waals surface area (Å²) in [5.41, 5.74) is 0. The van der Waals surface area contributed by atoms with Crippen molar-refractivity contribution in [1.29, 1.82) is 0 Å². The number of hydrogen-bond donors (Lipinski definition) is 2. The molecule has 0 aromatic carbocycles. The molecule has 0 spiro atoms. The van der Waals surface area contributed by atoms with Crippen LogP contribution in [0.5, 0.6) is 0 Å². The predicted molar refractivity (Wildman–Crippen MR) is 74.4 cm³/mol. The van der Waals surface area contributed by atoms with Gasteiger partial charge in [-0.25, -0.2) is 0 Å². The molecule has 0 aliphatic carbocycles. The molecule has 0 saturated carbocycles. The van der Waals surface area contributed by atoms with Crippen LogP contribution in [0.15, 0.2) is 61.2 Å². The van der Waals surface area contributed by atoms with Gasteiger partial charge in [-0.3, -0.25) is 9.59 Å². The molecule has 2 amide bonds. The van der Waals surface area contributed by atoms with Crippen LogP contribution in [0, 0.1) is 0 Å². The molecule has 0 unspecified atom stereocenters. The molecule has 6 nitrogen and oxygen atoms in total. The van der Waals surface area contributed by atoms with Crippen molar-refractivity contribution in [3.63, 3.8) is 0 Å². The van der Waals surface area contributed by atoms with E-state index in [1.165, 1.54) is 0 Å². The summed E-state index contributed by atoms with van der Waals surface area (Å²) in [6.07, 6.45) is 7.24. The molecule has 108 valence electrons. The maximum atomic E-state index is 11.7. The minimum absolute atomic E-state index is 0.123. The number of pyridine rings is 2. The second-order valence-electron chi connectivity index (χ2n) is 4.47. The summed E-state index contributed by atoms with van der Waals surface area (Å²) in [6.45, 7) is 0.576. The average molecular weight is 286 g/mol. The molecule has 6 heteroatoms. The second-order valence-corrected chi connectivity index (χ2v) is 4.47. The zero-order valence-electron chi connectivity index (χ0n) is 11.6. The zero-order valence-corrected chi connectivity index (χ0v) is 11.6. The molecule has 0 atom stereocenters. The fourth-order valence-electron chi connectivity index (χ4n) is 1.76. The maximum Gasteiger partial charge on any atom is 0.287 e. The summed E-state index contributed by atoms with van der Waals surface area (Å²) in [6, 6.07) is 11.2. The van der Waals surface area contributed by atoms with Gasteiger partial charge in [0.2, 0.25) is 13.1 Å². The number of carbonyl (C=O) groups excluding carboxylic acids is 2. The highest BCUT2D eigenvalue weighted by Gasteiger charge is 2.10. The average Bonchev–Trinajstić information content (AvgIpc) is 2.49. The Balaban J connectivity index is 1.67. The van der Waals surface area contributed by atoms with Gasteiger partial charge in [-0.2, -0.15) is 9.13 Å². The third kappa shape index (κ3) is 5.40. The molecule has 2 N–H and O–H groups in total. The lowest BCUT2D eigenvalue weighted by molar-refractivity contribution is -0.684. The number of rotatable bonds is 6. The molecule has 2 aromatic heterocycles. The van der Waals surface area contributed by atoms with Gasteiger partial charge in [0, 0.05) is 24.3 Å². The van der Waals surface area contributed by atoms with E-state index in [-0.39, 0.29) is 31.6 Å². The number of aromatic nitrogens is 2. The molecule has 0 radical (unpaired) electrons. The molecule has 0 aliphatic heterocycles. The summed E-state index contributed by atoms with van der Waals surface area (Å²) in [5, 5.41) is 5.29. The van der Waals surface area contributed by atoms with E-state index in [0.717, 1.165) is 0 Å². The van der Waals surface area contributed by atoms with Gasteiger partial charge in [-0.1, -0.05) is 12.1 Å². The van der Waals surface area contributed by atoms with Crippen molar-refractivity contribution in [3.8, 4) is 0 Å². The van der Waals surface area contributed by atoms with Crippen molar-refractivity contribution in [3.05, 3.63) is 61.2 Å². The van der Waals surface area contributed by atoms with Crippen molar-refractivity contribution in [1.82, 2.24) is 10.6 Å². The van der Waals surface area contributed by atoms with Crippen LogP contribution in [0.1, 0.15) is 0 Å². The summed E-state index contributed by atoms with van der Waals surface area (Å²) >= 11 is 0. The SMILES string of the molecule is O=C(C[n+]1ccccc1)NCNC(=O)C[n+]1ccccc1. The molecule has 21 heavy (non-hydrogen) atoms. The Labute approximate surface area is 123 Å². The van der Waals surface area contributed by atoms with Crippen LogP contribution in [0.25, 0.3) is 0 Å². The second kappa shape index (κ2) is 7.74. The lowest BCUT2D eigenvalue weighted by Gasteiger charge is -2.04. The van der Waals surface area contributed by atoms with Gasteiger partial charge in [0.05, 0.1) is 6.67 Å². The number of nitrogens with one attached hydrogen (secondary N) is 2. The van der Waals surface area contributed by atoms with Crippen molar-refractivity contribution < 1.29 is 18.7 Å². The first-order valence-electron chi connectivity index (χ1n) is 6.65. The molecule has 0 saturated heterocycles. The minimum Gasteiger partial charge on any atom is -0.333 e. The van der Waals surface area contributed by atoms with Crippen LogP contribution in [-0.2, 0) is 22.7 Å². The standard InChI is InChI=1S/C15H16N4O2/c20-14(11-18-7-3-1-4-8-18)16-13-17-15(21)12-19-9-5-2-6-10-19/h1-10H,11-13H2/p+2. The van der Waals surface area contributed by atoms with Gasteiger partial charge in [0.25, 0.3) is 11.8 Å². The van der Waals surface area contributed by atoms with Gasteiger partial charge in [0.15, 0.2) is 24.8 Å². The monoisotopic (exact) mass is 286 g/mol. The Bertz CT molecular complexity index is 534. The summed E-state index contributed by atoms with van der Waals surface area (Å²) < 4.78 is 3.52. The molecule has 0 fully saturated rings. The number of carbonyl (C=O) groups is 2. The third-order valence-corrected chi connectivity index (χ3v) is 2.78. The fourth-order valence-corrected chi connectivity index (χ4v) is 1.76. The lowest BCUT2D eigenvalue weighted by Crippen LogP contribution is -2.48. The molecule has 0 aliphatic rings. The molecule has 2 heterocycles. The van der Waals surface area contributed by atoms with E-state index < -0.39 is 0 Å². The van der Waals surface area contributed by atoms with Crippen LogP contribution in [-0.4, -0.2) is 18.5 Å². The van der Waals surface area contributed by atoms with Crippen molar-refractivity contribution in [2.24, 2.45) is 0 Å². The first kappa shape index (κ1) is 14.6. The van der Waals surface area contributed by atoms with Crippen LogP contribution in [0.3, 0.4) is 0 Å². The quantitative estimate of drug-likeness (QED) is 0.537. The summed E-state index contributed by atoms with van der Waals surface area (Å²) in [7, 11) is 0. The van der Waals surface area contributed by atoms with Gasteiger partial charge in [0.1, 0.15) is 0 Å². The predicted octanol–water partition coefficient (Wildman–Crippen LogP) is -0.848. The van der Waals surface area contributed by atoms with Crippen molar-refractivity contribution in [2.45, 2.75) is 13.1 Å². The van der Waals surface area contributed by atoms with Crippen molar-refractivity contribution >= 4 is 11.8 Å². The Morgan fingerprint density at radius 2 is 1.05 bits per heavy atom. The minimum atomic E-state index is -0.154. The number of amides is 2. The van der Waals surface area contributed by atoms with E-state index in [1.54, 1.807) is 9.13 Å². The maximum absolute atomic E-state index is 11.7. The Morgan fingerprint density at radius 1 is 0.667 bits per heavy atom. The molecular formula is C15H18N4O2+2. The first-order chi connectivity index (χ1) is 10.2. The topological polar surface area (TPSA) is 66.0 Å². The Morgan fingerprint density at radius 3 is 1.43 bits per heavy atom. The smallest absolute Gasteiger partial charge is 0.287 e. The van der Waals surface area contributed by atoms with E-state index in [0.29, 0.717) is 0 Å². The normalized spacial score (nSPS) is 9.90. The van der Waals surface area contributed by atoms with Crippen LogP contribution in [0.4, 0.5) is 0 Å². The van der Waals surface area contributed by atoms with E-state index in [9.17, 15) is 9.59 Å². The molecule has 2 rings (SSSR count).